The van der Waals surface area contributed by atoms with E-state index in [0.29, 0.717) is 16.0 Å². The van der Waals surface area contributed by atoms with Crippen molar-refractivity contribution in [3.63, 3.8) is 0 Å². The van der Waals surface area contributed by atoms with Gasteiger partial charge in [0.2, 0.25) is 23.6 Å². The van der Waals surface area contributed by atoms with Crippen LogP contribution in [0.2, 0.25) is 5.02 Å². The Hall–Kier alpha value is -4.51. The molecule has 0 spiro atoms. The van der Waals surface area contributed by atoms with E-state index in [2.05, 4.69) is 16.0 Å². The van der Waals surface area contributed by atoms with Crippen LogP contribution in [-0.4, -0.2) is 131 Å². The molecule has 1 aliphatic heterocycles. The Labute approximate surface area is 382 Å². The number of hydrogen-bond donors (Lipinski definition) is 4. The maximum atomic E-state index is 14.6. The number of halogens is 4. The topological polar surface area (TPSA) is 201 Å². The lowest BCUT2D eigenvalue weighted by atomic mass is 9.97. The Kier molecular flexibility index (Phi) is 19.9. The molecule has 356 valence electrons. The molecule has 5 amide bonds. The third kappa shape index (κ3) is 15.0. The molecule has 4 N–H and O–H groups in total. The number of esters is 1. The summed E-state index contributed by atoms with van der Waals surface area (Å²) in [4.78, 5) is 88.3. The quantitative estimate of drug-likeness (QED) is 0.218. The first-order chi connectivity index (χ1) is 29.8. The molecule has 64 heavy (non-hydrogen) atoms. The van der Waals surface area contributed by atoms with Crippen molar-refractivity contribution in [1.29, 1.82) is 5.26 Å². The van der Waals surface area contributed by atoms with Gasteiger partial charge >= 0.3 is 12.1 Å². The second-order valence-electron chi connectivity index (χ2n) is 17.9. The second kappa shape index (κ2) is 23.6. The fourth-order valence-corrected chi connectivity index (χ4v) is 8.70. The molecular formula is C44H63ClF3N7O8S. The number of carbonyl (C=O) groups excluding carboxylic acids is 6. The van der Waals surface area contributed by atoms with Crippen molar-refractivity contribution in [3.8, 4) is 6.07 Å². The third-order valence-electron chi connectivity index (χ3n) is 11.2. The number of thiophene rings is 1. The van der Waals surface area contributed by atoms with Gasteiger partial charge in [-0.3, -0.25) is 33.7 Å². The number of nitriles is 1. The summed E-state index contributed by atoms with van der Waals surface area (Å²) in [6, 6.07) is -1.93. The van der Waals surface area contributed by atoms with E-state index in [4.69, 9.17) is 16.3 Å². The third-order valence-corrected chi connectivity index (χ3v) is 12.4. The molecule has 0 aliphatic carbocycles. The number of aliphatic hydroxyl groups is 1. The van der Waals surface area contributed by atoms with Gasteiger partial charge in [0, 0.05) is 43.1 Å². The van der Waals surface area contributed by atoms with E-state index < -0.39 is 96.7 Å². The second-order valence-corrected chi connectivity index (χ2v) is 19.2. The first-order valence-electron chi connectivity index (χ1n) is 21.4. The summed E-state index contributed by atoms with van der Waals surface area (Å²) in [7, 11) is 3.80. The van der Waals surface area contributed by atoms with Gasteiger partial charge in [-0.15, -0.1) is 11.3 Å². The average Bonchev–Trinajstić information content (AvgIpc) is 3.60. The highest BCUT2D eigenvalue weighted by Gasteiger charge is 2.43. The predicted octanol–water partition coefficient (Wildman–Crippen LogP) is 5.16. The van der Waals surface area contributed by atoms with Gasteiger partial charge in [-0.25, -0.2) is 0 Å². The minimum Gasteiger partial charge on any atom is -0.451 e. The van der Waals surface area contributed by atoms with Crippen LogP contribution < -0.4 is 16.0 Å². The summed E-state index contributed by atoms with van der Waals surface area (Å²) < 4.78 is 49.6. The summed E-state index contributed by atoms with van der Waals surface area (Å²) in [6.07, 6.45) is -10.6. The van der Waals surface area contributed by atoms with Gasteiger partial charge < -0.3 is 35.6 Å². The van der Waals surface area contributed by atoms with Crippen LogP contribution in [0.3, 0.4) is 0 Å². The van der Waals surface area contributed by atoms with Crippen molar-refractivity contribution in [2.75, 3.05) is 21.1 Å². The molecule has 0 bridgehead atoms. The molecule has 3 rings (SSSR count). The smallest absolute Gasteiger partial charge is 0.391 e. The van der Waals surface area contributed by atoms with E-state index in [0.717, 1.165) is 21.5 Å². The molecule has 15 nitrogen and oxygen atoms in total. The number of hydrogen-bond acceptors (Lipinski definition) is 11. The van der Waals surface area contributed by atoms with Crippen molar-refractivity contribution in [2.45, 2.75) is 148 Å². The Morgan fingerprint density at radius 1 is 0.844 bits per heavy atom. The Morgan fingerprint density at radius 3 is 1.98 bits per heavy atom. The van der Waals surface area contributed by atoms with Crippen LogP contribution in [0.15, 0.2) is 23.6 Å². The van der Waals surface area contributed by atoms with Crippen LogP contribution in [0, 0.1) is 29.1 Å². The molecule has 0 radical (unpaired) electrons. The van der Waals surface area contributed by atoms with Gasteiger partial charge in [0.05, 0.1) is 18.5 Å². The number of ether oxygens (including phenoxy) is 1. The number of likely N-dealkylation sites (N-methyl/N-ethyl adjacent to an activating group) is 3. The maximum absolute atomic E-state index is 14.6. The number of carbonyl (C=O) groups is 6. The van der Waals surface area contributed by atoms with Gasteiger partial charge in [0.25, 0.3) is 5.91 Å². The first kappa shape index (κ1) is 53.8. The molecular weight excluding hydrogens is 879 g/mol. The maximum Gasteiger partial charge on any atom is 0.391 e. The number of cyclic esters (lactones) is 1. The van der Waals surface area contributed by atoms with E-state index in [1.807, 2.05) is 19.9 Å². The number of benzene rings is 1. The Bertz CT molecular complexity index is 2010. The van der Waals surface area contributed by atoms with Crippen LogP contribution in [0.25, 0.3) is 10.1 Å². The van der Waals surface area contributed by atoms with E-state index >= 15 is 0 Å². The number of nitrogens with zero attached hydrogens (tertiary/aromatic N) is 4. The fraction of sp³-hybridized carbons (Fsp3) is 0.659. The van der Waals surface area contributed by atoms with Crippen LogP contribution in [0.4, 0.5) is 13.2 Å². The minimum absolute atomic E-state index is 0.0282. The highest BCUT2D eigenvalue weighted by molar-refractivity contribution is 7.17. The fourth-order valence-electron chi connectivity index (χ4n) is 7.57. The lowest BCUT2D eigenvalue weighted by molar-refractivity contribution is -0.165. The van der Waals surface area contributed by atoms with E-state index in [9.17, 15) is 52.3 Å². The summed E-state index contributed by atoms with van der Waals surface area (Å²) in [5.74, 6) is -6.58. The standard InChI is InChI=1S/C44H63ClF3N7O8S/c1-23(2)16-30-40(59)53(8)26(7)43(62)63-35(12-11-15-49)39(58)51-31(17-24(3)4)41(60)54(9)33(18-25(5)6)37(56)52-32(21-44(46,47)48)42(61)55(10)34(38(57)50-30)19-27-22-64-36-14-13-28(45)20-29(27)36/h13-14,20,22-26,30-35,40,59H,11-12,16-19,21H2,1-10H3,(H,50,57)(H,51,58)(H,52,56)/t26-,30-,31-,32-,33-,34-,35+,40?/m0/s1. The van der Waals surface area contributed by atoms with E-state index in [1.54, 1.807) is 51.3 Å². The molecule has 1 unspecified atom stereocenters. The molecule has 1 saturated heterocycles. The molecule has 1 fully saturated rings. The average molecular weight is 943 g/mol. The van der Waals surface area contributed by atoms with Gasteiger partial charge in [-0.2, -0.15) is 18.4 Å². The summed E-state index contributed by atoms with van der Waals surface area (Å²) >= 11 is 7.65. The highest BCUT2D eigenvalue weighted by Crippen LogP contribution is 2.31. The molecule has 1 aromatic heterocycles. The largest absolute Gasteiger partial charge is 0.451 e. The van der Waals surface area contributed by atoms with Crippen LogP contribution in [-0.2, 0) is 39.9 Å². The Morgan fingerprint density at radius 2 is 1.41 bits per heavy atom. The lowest BCUT2D eigenvalue weighted by Gasteiger charge is -2.37. The van der Waals surface area contributed by atoms with Crippen molar-refractivity contribution in [1.82, 2.24) is 30.7 Å². The summed E-state index contributed by atoms with van der Waals surface area (Å²) in [5, 5.41) is 31.6. The van der Waals surface area contributed by atoms with Gasteiger partial charge in [0.15, 0.2) is 6.10 Å². The molecule has 20 heteroatoms. The van der Waals surface area contributed by atoms with Gasteiger partial charge in [0.1, 0.15) is 36.4 Å². The molecule has 1 aromatic carbocycles. The number of nitrogens with one attached hydrogen (secondary N) is 3. The molecule has 0 saturated carbocycles. The van der Waals surface area contributed by atoms with Crippen LogP contribution in [0.1, 0.15) is 92.6 Å². The SMILES string of the molecule is CC(C)C[C@@H]1NC(=O)[C@@H](CCC#N)OC(=O)[C@H](C)N(C)C(O)[C@H](CC(C)C)NC(=O)[C@H](Cc2csc3ccc(Cl)cc23)N(C)C(=O)[C@H](CC(F)(F)F)NC(=O)[C@H](CC(C)C)N(C)C1=O. The first-order valence-corrected chi connectivity index (χ1v) is 22.7. The molecule has 8 atom stereocenters. The van der Waals surface area contributed by atoms with Crippen molar-refractivity contribution >= 4 is 68.5 Å². The van der Waals surface area contributed by atoms with Crippen molar-refractivity contribution < 1.29 is 51.8 Å². The monoisotopic (exact) mass is 941 g/mol. The zero-order valence-corrected chi connectivity index (χ0v) is 39.7. The Balaban J connectivity index is 2.30. The number of amides is 5. The van der Waals surface area contributed by atoms with Gasteiger partial charge in [-0.1, -0.05) is 53.1 Å². The zero-order chi connectivity index (χ0) is 48.4. The minimum atomic E-state index is -4.99. The van der Waals surface area contributed by atoms with Gasteiger partial charge in [-0.05, 0) is 85.5 Å². The van der Waals surface area contributed by atoms with E-state index in [-0.39, 0.29) is 56.3 Å². The number of rotatable bonds is 11. The highest BCUT2D eigenvalue weighted by atomic mass is 35.5. The normalized spacial score (nSPS) is 25.9. The predicted molar refractivity (Wildman–Crippen MR) is 236 cm³/mol. The number of fused-ring (bicyclic) bond motifs is 1. The van der Waals surface area contributed by atoms with E-state index in [1.165, 1.54) is 37.3 Å². The van der Waals surface area contributed by atoms with Crippen molar-refractivity contribution in [3.05, 3.63) is 34.2 Å². The van der Waals surface area contributed by atoms with Crippen LogP contribution >= 0.6 is 22.9 Å². The van der Waals surface area contributed by atoms with Crippen LogP contribution in [0.5, 0.6) is 0 Å². The van der Waals surface area contributed by atoms with Crippen molar-refractivity contribution in [2.24, 2.45) is 17.8 Å². The summed E-state index contributed by atoms with van der Waals surface area (Å²) in [6.45, 7) is 12.0. The number of alkyl halides is 3. The molecule has 2 aromatic rings. The lowest BCUT2D eigenvalue weighted by Crippen LogP contribution is -2.61. The zero-order valence-electron chi connectivity index (χ0n) is 38.1. The molecule has 2 heterocycles. The summed E-state index contributed by atoms with van der Waals surface area (Å²) in [5.41, 5.74) is 0.542. The molecule has 1 aliphatic rings. The number of aliphatic hydroxyl groups excluding tert-OH is 1.